The summed E-state index contributed by atoms with van der Waals surface area (Å²) in [5.74, 6) is 0.0530. The number of benzene rings is 2. The molecule has 9 heteroatoms. The number of nitrogens with one attached hydrogen (secondary N) is 1. The fraction of sp³-hybridized carbons (Fsp3) is 0.286. The van der Waals surface area contributed by atoms with Crippen LogP contribution in [0, 0.1) is 0 Å². The molecule has 2 amide bonds. The smallest absolute Gasteiger partial charge is 0.269 e. The number of hydrogen-bond donors (Lipinski definition) is 1. The summed E-state index contributed by atoms with van der Waals surface area (Å²) < 4.78 is 32.0. The van der Waals surface area contributed by atoms with Crippen LogP contribution in [0.3, 0.4) is 0 Å². The number of aromatic nitrogens is 1. The van der Waals surface area contributed by atoms with Crippen LogP contribution in [0.5, 0.6) is 0 Å². The number of carbonyl (C=O) groups excluding carboxylic acids is 2. The minimum atomic E-state index is -3.97. The lowest BCUT2D eigenvalue weighted by Gasteiger charge is -2.18. The van der Waals surface area contributed by atoms with Crippen LogP contribution < -0.4 is 5.32 Å². The SMILES string of the molecule is CC(C)N1C(=O)c2ccc(C(=O)Nc3ccc4oc(C5CC5)nc4c3)cc2S1(=O)=O. The van der Waals surface area contributed by atoms with Crippen LogP contribution >= 0.6 is 0 Å². The van der Waals surface area contributed by atoms with Crippen LogP contribution in [0.25, 0.3) is 11.1 Å². The number of nitrogens with zero attached hydrogens (tertiary/aromatic N) is 2. The molecule has 1 aliphatic heterocycles. The van der Waals surface area contributed by atoms with Crippen LogP contribution in [0.1, 0.15) is 59.2 Å². The van der Waals surface area contributed by atoms with E-state index in [9.17, 15) is 18.0 Å². The van der Waals surface area contributed by atoms with Crippen molar-refractivity contribution in [2.45, 2.75) is 43.5 Å². The zero-order valence-corrected chi connectivity index (χ0v) is 17.2. The lowest BCUT2D eigenvalue weighted by molar-refractivity contribution is 0.0846. The number of rotatable bonds is 4. The van der Waals surface area contributed by atoms with Crippen molar-refractivity contribution >= 4 is 38.6 Å². The molecule has 1 saturated carbocycles. The molecule has 8 nitrogen and oxygen atoms in total. The summed E-state index contributed by atoms with van der Waals surface area (Å²) in [6.45, 7) is 3.26. The predicted molar refractivity (Wildman–Crippen MR) is 109 cm³/mol. The highest BCUT2D eigenvalue weighted by atomic mass is 32.2. The van der Waals surface area contributed by atoms with Gasteiger partial charge in [0, 0.05) is 23.2 Å². The van der Waals surface area contributed by atoms with Gasteiger partial charge in [0.15, 0.2) is 11.5 Å². The molecule has 0 saturated heterocycles. The molecule has 0 unspecified atom stereocenters. The van der Waals surface area contributed by atoms with Gasteiger partial charge < -0.3 is 9.73 Å². The monoisotopic (exact) mass is 425 g/mol. The molecule has 0 atom stereocenters. The number of sulfonamides is 1. The standard InChI is InChI=1S/C21H19N3O5S/c1-11(2)24-21(26)15-7-5-13(9-18(15)30(24,27)28)19(25)22-14-6-8-17-16(10-14)23-20(29-17)12-3-4-12/h5-12H,3-4H2,1-2H3,(H,22,25). The third-order valence-electron chi connectivity index (χ3n) is 5.27. The summed E-state index contributed by atoms with van der Waals surface area (Å²) in [7, 11) is -3.97. The van der Waals surface area contributed by atoms with Gasteiger partial charge in [0.2, 0.25) is 0 Å². The second-order valence-electron chi connectivity index (χ2n) is 7.87. The molecule has 3 aromatic rings. The Morgan fingerprint density at radius 2 is 1.97 bits per heavy atom. The van der Waals surface area contributed by atoms with E-state index < -0.39 is 27.9 Å². The molecule has 0 spiro atoms. The summed E-state index contributed by atoms with van der Waals surface area (Å²) in [4.78, 5) is 29.5. The third-order valence-corrected chi connectivity index (χ3v) is 7.27. The fourth-order valence-corrected chi connectivity index (χ4v) is 5.42. The summed E-state index contributed by atoms with van der Waals surface area (Å²) in [5, 5.41) is 2.75. The Kier molecular flexibility index (Phi) is 4.01. The zero-order valence-electron chi connectivity index (χ0n) is 16.4. The lowest BCUT2D eigenvalue weighted by Crippen LogP contribution is -2.36. The molecule has 0 bridgehead atoms. The van der Waals surface area contributed by atoms with E-state index in [1.807, 2.05) is 0 Å². The molecule has 1 aromatic heterocycles. The first-order chi connectivity index (χ1) is 14.3. The van der Waals surface area contributed by atoms with Gasteiger partial charge in [0.25, 0.3) is 21.8 Å². The van der Waals surface area contributed by atoms with E-state index in [4.69, 9.17) is 4.42 Å². The summed E-state index contributed by atoms with van der Waals surface area (Å²) in [5.41, 5.74) is 2.06. The number of oxazole rings is 1. The molecule has 30 heavy (non-hydrogen) atoms. The Balaban J connectivity index is 1.43. The Labute approximate surface area is 172 Å². The predicted octanol–water partition coefficient (Wildman–Crippen LogP) is 3.51. The molecular formula is C21H19N3O5S. The van der Waals surface area contributed by atoms with Gasteiger partial charge in [-0.25, -0.2) is 17.7 Å². The van der Waals surface area contributed by atoms with E-state index in [1.165, 1.54) is 18.2 Å². The van der Waals surface area contributed by atoms with E-state index in [-0.39, 0.29) is 16.0 Å². The second kappa shape index (κ2) is 6.40. The maximum atomic E-state index is 12.7. The number of anilines is 1. The summed E-state index contributed by atoms with van der Waals surface area (Å²) in [6.07, 6.45) is 2.16. The summed E-state index contributed by atoms with van der Waals surface area (Å²) in [6, 6.07) is 8.74. The highest BCUT2D eigenvalue weighted by Crippen LogP contribution is 2.40. The maximum absolute atomic E-state index is 12.7. The molecule has 2 aliphatic rings. The first-order valence-corrected chi connectivity index (χ1v) is 11.1. The largest absolute Gasteiger partial charge is 0.440 e. The van der Waals surface area contributed by atoms with Gasteiger partial charge in [-0.05, 0) is 63.1 Å². The van der Waals surface area contributed by atoms with Crippen molar-refractivity contribution in [3.8, 4) is 0 Å². The van der Waals surface area contributed by atoms with Gasteiger partial charge in [-0.2, -0.15) is 0 Å². The average Bonchev–Trinajstić information content (AvgIpc) is 3.42. The number of carbonyl (C=O) groups is 2. The van der Waals surface area contributed by atoms with Crippen LogP contribution in [-0.4, -0.2) is 35.6 Å². The van der Waals surface area contributed by atoms with Gasteiger partial charge in [-0.1, -0.05) is 0 Å². The fourth-order valence-electron chi connectivity index (χ4n) is 3.63. The van der Waals surface area contributed by atoms with Gasteiger partial charge >= 0.3 is 0 Å². The quantitative estimate of drug-likeness (QED) is 0.685. The van der Waals surface area contributed by atoms with Gasteiger partial charge in [0.1, 0.15) is 10.4 Å². The normalized spacial score (nSPS) is 17.6. The van der Waals surface area contributed by atoms with Crippen LogP contribution in [0.4, 0.5) is 5.69 Å². The Hall–Kier alpha value is -3.20. The second-order valence-corrected chi connectivity index (χ2v) is 9.66. The van der Waals surface area contributed by atoms with Crippen molar-refractivity contribution in [2.75, 3.05) is 5.32 Å². The number of fused-ring (bicyclic) bond motifs is 2. The molecule has 5 rings (SSSR count). The first-order valence-electron chi connectivity index (χ1n) is 9.70. The Morgan fingerprint density at radius 3 is 2.67 bits per heavy atom. The van der Waals surface area contributed by atoms with Crippen LogP contribution in [-0.2, 0) is 10.0 Å². The Morgan fingerprint density at radius 1 is 1.20 bits per heavy atom. The number of hydrogen-bond acceptors (Lipinski definition) is 6. The van der Waals surface area contributed by atoms with Gasteiger partial charge in [-0.15, -0.1) is 0 Å². The third kappa shape index (κ3) is 2.88. The van der Waals surface area contributed by atoms with Gasteiger partial charge in [-0.3, -0.25) is 9.59 Å². The molecule has 0 radical (unpaired) electrons. The van der Waals surface area contributed by atoms with Crippen molar-refractivity contribution in [3.63, 3.8) is 0 Å². The molecule has 2 aromatic carbocycles. The zero-order chi connectivity index (χ0) is 21.2. The van der Waals surface area contributed by atoms with E-state index in [0.29, 0.717) is 22.7 Å². The molecule has 1 fully saturated rings. The molecule has 1 N–H and O–H groups in total. The van der Waals surface area contributed by atoms with Crippen LogP contribution in [0.15, 0.2) is 45.7 Å². The number of amides is 2. The molecular weight excluding hydrogens is 406 g/mol. The summed E-state index contributed by atoms with van der Waals surface area (Å²) >= 11 is 0. The van der Waals surface area contributed by atoms with Crippen molar-refractivity contribution in [3.05, 3.63) is 53.4 Å². The highest BCUT2D eigenvalue weighted by molar-refractivity contribution is 7.90. The average molecular weight is 425 g/mol. The minimum Gasteiger partial charge on any atom is -0.440 e. The molecule has 1 aliphatic carbocycles. The minimum absolute atomic E-state index is 0.0804. The molecule has 2 heterocycles. The van der Waals surface area contributed by atoms with Crippen molar-refractivity contribution < 1.29 is 22.4 Å². The molecule has 154 valence electrons. The van der Waals surface area contributed by atoms with E-state index in [0.717, 1.165) is 23.0 Å². The Bertz CT molecular complexity index is 1320. The van der Waals surface area contributed by atoms with Crippen LogP contribution in [0.2, 0.25) is 0 Å². The maximum Gasteiger partial charge on any atom is 0.269 e. The topological polar surface area (TPSA) is 110 Å². The van der Waals surface area contributed by atoms with Crippen molar-refractivity contribution in [1.82, 2.24) is 9.29 Å². The van der Waals surface area contributed by atoms with E-state index in [1.54, 1.807) is 32.0 Å². The van der Waals surface area contributed by atoms with Crippen molar-refractivity contribution in [1.29, 1.82) is 0 Å². The van der Waals surface area contributed by atoms with E-state index >= 15 is 0 Å². The van der Waals surface area contributed by atoms with Gasteiger partial charge in [0.05, 0.1) is 5.56 Å². The highest BCUT2D eigenvalue weighted by Gasteiger charge is 2.43. The lowest BCUT2D eigenvalue weighted by atomic mass is 10.1. The van der Waals surface area contributed by atoms with Crippen molar-refractivity contribution in [2.24, 2.45) is 0 Å². The van der Waals surface area contributed by atoms with E-state index in [2.05, 4.69) is 10.3 Å². The first kappa shape index (κ1) is 18.8.